The standard InChI is InChI=1S/C9H14N2/c1-7-4-3-5-11-9(7)6-8(2)10/h6,11H,1-5,10H2/b9-6+. The fraction of sp³-hybridized carbons (Fsp3) is 0.333. The van der Waals surface area contributed by atoms with E-state index in [4.69, 9.17) is 5.73 Å². The molecule has 0 aromatic rings. The molecule has 11 heavy (non-hydrogen) atoms. The number of allylic oxidation sites excluding steroid dienone is 2. The Balaban J connectivity index is 2.68. The van der Waals surface area contributed by atoms with Gasteiger partial charge in [-0.25, -0.2) is 0 Å². The van der Waals surface area contributed by atoms with Crippen LogP contribution < -0.4 is 11.1 Å². The van der Waals surface area contributed by atoms with Gasteiger partial charge in [-0.1, -0.05) is 13.2 Å². The van der Waals surface area contributed by atoms with E-state index in [0.717, 1.165) is 30.7 Å². The van der Waals surface area contributed by atoms with Crippen molar-refractivity contribution in [1.82, 2.24) is 5.32 Å². The summed E-state index contributed by atoms with van der Waals surface area (Å²) in [6.07, 6.45) is 4.06. The highest BCUT2D eigenvalue weighted by Gasteiger charge is 2.07. The fourth-order valence-corrected chi connectivity index (χ4v) is 1.12. The van der Waals surface area contributed by atoms with Gasteiger partial charge in [0.05, 0.1) is 0 Å². The van der Waals surface area contributed by atoms with Gasteiger partial charge in [0.1, 0.15) is 0 Å². The predicted molar refractivity (Wildman–Crippen MR) is 47.8 cm³/mol. The third-order valence-electron chi connectivity index (χ3n) is 1.68. The van der Waals surface area contributed by atoms with Gasteiger partial charge in [0.25, 0.3) is 0 Å². The molecule has 0 unspecified atom stereocenters. The molecule has 0 aromatic heterocycles. The van der Waals surface area contributed by atoms with Crippen LogP contribution in [0.1, 0.15) is 12.8 Å². The minimum Gasteiger partial charge on any atom is -0.399 e. The van der Waals surface area contributed by atoms with Crippen LogP contribution >= 0.6 is 0 Å². The number of rotatable bonds is 1. The normalized spacial score (nSPS) is 21.5. The van der Waals surface area contributed by atoms with Gasteiger partial charge in [0.2, 0.25) is 0 Å². The van der Waals surface area contributed by atoms with E-state index in [0.29, 0.717) is 5.70 Å². The molecule has 2 nitrogen and oxygen atoms in total. The van der Waals surface area contributed by atoms with Crippen molar-refractivity contribution in [3.63, 3.8) is 0 Å². The monoisotopic (exact) mass is 150 g/mol. The van der Waals surface area contributed by atoms with E-state index in [9.17, 15) is 0 Å². The summed E-state index contributed by atoms with van der Waals surface area (Å²) in [5.41, 5.74) is 8.19. The SMILES string of the molecule is C=C(N)/C=C1/NCCCC1=C. The third-order valence-corrected chi connectivity index (χ3v) is 1.68. The molecular weight excluding hydrogens is 136 g/mol. The number of hydrogen-bond acceptors (Lipinski definition) is 2. The topological polar surface area (TPSA) is 38.0 Å². The van der Waals surface area contributed by atoms with Crippen molar-refractivity contribution in [3.05, 3.63) is 36.2 Å². The summed E-state index contributed by atoms with van der Waals surface area (Å²) in [5, 5.41) is 3.22. The average Bonchev–Trinajstić information content (AvgIpc) is 1.93. The van der Waals surface area contributed by atoms with Gasteiger partial charge in [-0.05, 0) is 24.5 Å². The molecule has 3 N–H and O–H groups in total. The molecule has 1 heterocycles. The largest absolute Gasteiger partial charge is 0.399 e. The third kappa shape index (κ3) is 2.15. The molecule has 0 aromatic carbocycles. The molecule has 1 fully saturated rings. The van der Waals surface area contributed by atoms with Gasteiger partial charge in [0, 0.05) is 17.9 Å². The maximum absolute atomic E-state index is 5.43. The summed E-state index contributed by atoms with van der Waals surface area (Å²) in [5.74, 6) is 0. The van der Waals surface area contributed by atoms with Crippen LogP contribution in [0.25, 0.3) is 0 Å². The van der Waals surface area contributed by atoms with Crippen LogP contribution in [-0.2, 0) is 0 Å². The Labute approximate surface area is 67.5 Å². The van der Waals surface area contributed by atoms with Crippen LogP contribution in [0.15, 0.2) is 36.2 Å². The number of nitrogens with two attached hydrogens (primary N) is 1. The molecule has 60 valence electrons. The van der Waals surface area contributed by atoms with Crippen LogP contribution in [0.5, 0.6) is 0 Å². The van der Waals surface area contributed by atoms with Gasteiger partial charge in [-0.15, -0.1) is 0 Å². The smallest absolute Gasteiger partial charge is 0.0387 e. The number of nitrogens with one attached hydrogen (secondary N) is 1. The van der Waals surface area contributed by atoms with Gasteiger partial charge in [0.15, 0.2) is 0 Å². The molecule has 0 spiro atoms. The lowest BCUT2D eigenvalue weighted by atomic mass is 10.0. The average molecular weight is 150 g/mol. The lowest BCUT2D eigenvalue weighted by Gasteiger charge is -2.19. The first-order valence-electron chi connectivity index (χ1n) is 3.78. The van der Waals surface area contributed by atoms with E-state index >= 15 is 0 Å². The molecule has 1 aliphatic heterocycles. The summed E-state index contributed by atoms with van der Waals surface area (Å²) >= 11 is 0. The molecular formula is C9H14N2. The zero-order valence-corrected chi connectivity index (χ0v) is 6.69. The van der Waals surface area contributed by atoms with E-state index in [1.54, 1.807) is 0 Å². The van der Waals surface area contributed by atoms with Crippen molar-refractivity contribution in [2.24, 2.45) is 5.73 Å². The van der Waals surface area contributed by atoms with Crippen molar-refractivity contribution in [2.45, 2.75) is 12.8 Å². The molecule has 0 saturated carbocycles. The van der Waals surface area contributed by atoms with Gasteiger partial charge in [-0.2, -0.15) is 0 Å². The van der Waals surface area contributed by atoms with Crippen molar-refractivity contribution in [3.8, 4) is 0 Å². The fourth-order valence-electron chi connectivity index (χ4n) is 1.12. The van der Waals surface area contributed by atoms with Crippen molar-refractivity contribution < 1.29 is 0 Å². The molecule has 1 saturated heterocycles. The van der Waals surface area contributed by atoms with Gasteiger partial charge < -0.3 is 11.1 Å². The summed E-state index contributed by atoms with van der Waals surface area (Å²) in [6, 6.07) is 0. The van der Waals surface area contributed by atoms with Crippen LogP contribution in [0.4, 0.5) is 0 Å². The summed E-state index contributed by atoms with van der Waals surface area (Å²) in [4.78, 5) is 0. The number of piperidine rings is 1. The van der Waals surface area contributed by atoms with Crippen molar-refractivity contribution >= 4 is 0 Å². The summed E-state index contributed by atoms with van der Waals surface area (Å²) in [6.45, 7) is 8.54. The lowest BCUT2D eigenvalue weighted by Crippen LogP contribution is -2.22. The second-order valence-electron chi connectivity index (χ2n) is 2.77. The summed E-state index contributed by atoms with van der Waals surface area (Å²) in [7, 11) is 0. The minimum absolute atomic E-state index is 0.579. The van der Waals surface area contributed by atoms with Crippen LogP contribution in [0, 0.1) is 0 Å². The lowest BCUT2D eigenvalue weighted by molar-refractivity contribution is 0.670. The maximum Gasteiger partial charge on any atom is 0.0387 e. The molecule has 0 aliphatic carbocycles. The predicted octanol–water partition coefficient (Wildman–Crippen LogP) is 1.28. The second kappa shape index (κ2) is 3.28. The maximum atomic E-state index is 5.43. The highest BCUT2D eigenvalue weighted by molar-refractivity contribution is 5.33. The van der Waals surface area contributed by atoms with Gasteiger partial charge >= 0.3 is 0 Å². The molecule has 1 aliphatic rings. The Bertz CT molecular complexity index is 214. The highest BCUT2D eigenvalue weighted by Crippen LogP contribution is 2.16. The molecule has 0 bridgehead atoms. The first kappa shape index (κ1) is 7.92. The van der Waals surface area contributed by atoms with Crippen LogP contribution in [0.3, 0.4) is 0 Å². The Hall–Kier alpha value is -1.18. The minimum atomic E-state index is 0.579. The van der Waals surface area contributed by atoms with Crippen molar-refractivity contribution in [2.75, 3.05) is 6.54 Å². The zero-order valence-electron chi connectivity index (χ0n) is 6.69. The Morgan fingerprint density at radius 1 is 1.64 bits per heavy atom. The van der Waals surface area contributed by atoms with Gasteiger partial charge in [-0.3, -0.25) is 0 Å². The molecule has 0 amide bonds. The molecule has 0 radical (unpaired) electrons. The molecule has 1 rings (SSSR count). The highest BCUT2D eigenvalue weighted by atomic mass is 14.9. The van der Waals surface area contributed by atoms with E-state index in [-0.39, 0.29) is 0 Å². The van der Waals surface area contributed by atoms with Crippen molar-refractivity contribution in [1.29, 1.82) is 0 Å². The van der Waals surface area contributed by atoms with E-state index < -0.39 is 0 Å². The van der Waals surface area contributed by atoms with E-state index in [2.05, 4.69) is 18.5 Å². The Kier molecular flexibility index (Phi) is 2.36. The first-order valence-corrected chi connectivity index (χ1v) is 3.78. The van der Waals surface area contributed by atoms with E-state index in [1.165, 1.54) is 0 Å². The molecule has 2 heteroatoms. The Morgan fingerprint density at radius 2 is 2.36 bits per heavy atom. The molecule has 0 atom stereocenters. The number of hydrogen-bond donors (Lipinski definition) is 2. The summed E-state index contributed by atoms with van der Waals surface area (Å²) < 4.78 is 0. The first-order chi connectivity index (χ1) is 5.20. The zero-order chi connectivity index (χ0) is 8.27. The van der Waals surface area contributed by atoms with E-state index in [1.807, 2.05) is 6.08 Å². The Morgan fingerprint density at radius 3 is 2.91 bits per heavy atom. The van der Waals surface area contributed by atoms with Crippen LogP contribution in [-0.4, -0.2) is 6.54 Å². The second-order valence-corrected chi connectivity index (χ2v) is 2.77. The van der Waals surface area contributed by atoms with Crippen LogP contribution in [0.2, 0.25) is 0 Å². The quantitative estimate of drug-likeness (QED) is 0.591.